The highest BCUT2D eigenvalue weighted by Crippen LogP contribution is 2.35. The summed E-state index contributed by atoms with van der Waals surface area (Å²) in [5.41, 5.74) is 9.03. The first-order valence-corrected chi connectivity index (χ1v) is 9.99. The molecular weight excluding hydrogens is 387 g/mol. The minimum absolute atomic E-state index is 0.0440. The Labute approximate surface area is 174 Å². The van der Waals surface area contributed by atoms with Gasteiger partial charge in [-0.05, 0) is 35.6 Å². The van der Waals surface area contributed by atoms with Crippen molar-refractivity contribution in [2.75, 3.05) is 25.6 Å². The van der Waals surface area contributed by atoms with Gasteiger partial charge in [0.2, 0.25) is 6.79 Å². The van der Waals surface area contributed by atoms with Crippen molar-refractivity contribution >= 4 is 17.0 Å². The monoisotopic (exact) mass is 414 g/mol. The quantitative estimate of drug-likeness (QED) is 0.472. The van der Waals surface area contributed by atoms with Crippen LogP contribution < -0.4 is 20.5 Å². The van der Waals surface area contributed by atoms with E-state index in [1.165, 1.54) is 0 Å². The summed E-state index contributed by atoms with van der Waals surface area (Å²) < 4.78 is 26.8. The van der Waals surface area contributed by atoms with Crippen molar-refractivity contribution < 1.29 is 13.9 Å². The summed E-state index contributed by atoms with van der Waals surface area (Å²) in [7, 11) is 0. The molecule has 0 aliphatic carbocycles. The number of imidazole rings is 1. The summed E-state index contributed by atoms with van der Waals surface area (Å²) in [5, 5.41) is 3.44. The molecule has 30 heavy (non-hydrogen) atoms. The first-order chi connectivity index (χ1) is 14.2. The minimum atomic E-state index is -0.852. The molecule has 0 bridgehead atoms. The lowest BCUT2D eigenvalue weighted by molar-refractivity contribution is 0.174. The van der Waals surface area contributed by atoms with Gasteiger partial charge < -0.3 is 25.1 Å². The highest BCUT2D eigenvalue weighted by atomic mass is 19.1. The summed E-state index contributed by atoms with van der Waals surface area (Å²) in [5.74, 6) is 2.25. The fourth-order valence-electron chi connectivity index (χ4n) is 3.51. The van der Waals surface area contributed by atoms with Gasteiger partial charge in [0.1, 0.15) is 5.82 Å². The van der Waals surface area contributed by atoms with Crippen molar-refractivity contribution in [3.63, 3.8) is 0 Å². The predicted molar refractivity (Wildman–Crippen MR) is 112 cm³/mol. The predicted octanol–water partition coefficient (Wildman–Crippen LogP) is 2.81. The number of aryl methyl sites for hydroxylation is 1. The van der Waals surface area contributed by atoms with Crippen LogP contribution in [0.3, 0.4) is 0 Å². The molecule has 3 aromatic rings. The van der Waals surface area contributed by atoms with E-state index in [0.717, 1.165) is 35.0 Å². The maximum absolute atomic E-state index is 13.9. The third kappa shape index (κ3) is 4.16. The van der Waals surface area contributed by atoms with E-state index in [0.29, 0.717) is 30.7 Å². The zero-order valence-corrected chi connectivity index (χ0v) is 17.8. The molecule has 0 saturated heterocycles. The number of hydrogen-bond donors (Lipinski definition) is 2. The Hall–Kier alpha value is -2.94. The average Bonchev–Trinajstić information content (AvgIpc) is 3.23. The van der Waals surface area contributed by atoms with Crippen molar-refractivity contribution in [3.8, 4) is 11.5 Å². The first kappa shape index (κ1) is 20.3. The third-order valence-electron chi connectivity index (χ3n) is 5.02. The van der Waals surface area contributed by atoms with Crippen LogP contribution in [0, 0.1) is 18.4 Å². The Morgan fingerprint density at radius 3 is 2.63 bits per heavy atom. The third-order valence-corrected chi connectivity index (χ3v) is 5.02. The topological polar surface area (TPSA) is 100 Å². The van der Waals surface area contributed by atoms with Gasteiger partial charge in [0.05, 0.1) is 0 Å². The van der Waals surface area contributed by atoms with Crippen LogP contribution in [-0.2, 0) is 13.0 Å². The number of nitrogens with zero attached hydrogens (tertiary/aromatic N) is 4. The van der Waals surface area contributed by atoms with Gasteiger partial charge in [-0.25, -0.2) is 4.98 Å². The molecule has 0 fully saturated rings. The molecule has 0 unspecified atom stereocenters. The molecule has 1 aromatic carbocycles. The van der Waals surface area contributed by atoms with Gasteiger partial charge in [0.25, 0.3) is 0 Å². The Bertz CT molecular complexity index is 1090. The second-order valence-corrected chi connectivity index (χ2v) is 8.78. The average molecular weight is 414 g/mol. The van der Waals surface area contributed by atoms with Gasteiger partial charge in [-0.1, -0.05) is 20.8 Å². The number of nitrogen functional groups attached to an aromatic ring is 1. The van der Waals surface area contributed by atoms with E-state index < -0.39 is 6.08 Å². The van der Waals surface area contributed by atoms with Gasteiger partial charge in [-0.15, -0.1) is 0 Å². The van der Waals surface area contributed by atoms with Gasteiger partial charge in [-0.2, -0.15) is 14.4 Å². The highest BCUT2D eigenvalue weighted by molar-refractivity contribution is 5.82. The maximum atomic E-state index is 13.9. The van der Waals surface area contributed by atoms with Gasteiger partial charge in [0, 0.05) is 26.1 Å². The molecule has 0 amide bonds. The second kappa shape index (κ2) is 7.71. The molecule has 9 heteroatoms. The number of benzene rings is 1. The Morgan fingerprint density at radius 2 is 1.90 bits per heavy atom. The molecular formula is C21H27FN6O2. The van der Waals surface area contributed by atoms with Crippen LogP contribution in [0.15, 0.2) is 12.1 Å². The molecule has 160 valence electrons. The lowest BCUT2D eigenvalue weighted by Crippen LogP contribution is -2.30. The number of ether oxygens (including phenoxy) is 2. The number of halogens is 1. The van der Waals surface area contributed by atoms with Gasteiger partial charge in [-0.3, -0.25) is 0 Å². The molecule has 1 aliphatic rings. The molecule has 1 aliphatic heterocycles. The molecule has 0 radical (unpaired) electrons. The number of anilines is 1. The summed E-state index contributed by atoms with van der Waals surface area (Å²) in [6.07, 6.45) is -0.325. The lowest BCUT2D eigenvalue weighted by Gasteiger charge is -2.19. The molecule has 3 N–H and O–H groups in total. The Kier molecular flexibility index (Phi) is 5.23. The maximum Gasteiger partial charge on any atom is 0.312 e. The number of nitrogens with two attached hydrogens (primary N) is 1. The molecule has 0 saturated carbocycles. The van der Waals surface area contributed by atoms with Crippen LogP contribution in [-0.4, -0.2) is 39.4 Å². The Morgan fingerprint density at radius 1 is 1.17 bits per heavy atom. The Balaban J connectivity index is 1.67. The fourth-order valence-corrected chi connectivity index (χ4v) is 3.51. The van der Waals surface area contributed by atoms with E-state index in [9.17, 15) is 4.39 Å². The minimum Gasteiger partial charge on any atom is -0.454 e. The number of rotatable bonds is 6. The molecule has 3 heterocycles. The summed E-state index contributed by atoms with van der Waals surface area (Å²) in [6, 6.07) is 3.93. The number of nitrogens with one attached hydrogen (secondary N) is 1. The van der Waals surface area contributed by atoms with Crippen molar-refractivity contribution in [2.45, 2.75) is 40.7 Å². The number of hydrogen-bond acceptors (Lipinski definition) is 7. The standard InChI is InChI=1S/C21H27FN6O2/c1-12-7-14-15(30-11-29-14)8-13(12)9-16-25-17-18(23)26-20(22)27-19(17)28(16)6-5-24-10-21(2,3)4/h7-8,24H,5-6,9-11H2,1-4H3,(H2,23,26,27). The van der Waals surface area contributed by atoms with Crippen LogP contribution in [0.4, 0.5) is 10.2 Å². The molecule has 2 aromatic heterocycles. The summed E-state index contributed by atoms with van der Waals surface area (Å²) in [6.45, 7) is 10.9. The van der Waals surface area contributed by atoms with Crippen LogP contribution >= 0.6 is 0 Å². The van der Waals surface area contributed by atoms with E-state index in [1.54, 1.807) is 0 Å². The zero-order chi connectivity index (χ0) is 21.5. The van der Waals surface area contributed by atoms with Crippen LogP contribution in [0.5, 0.6) is 11.5 Å². The lowest BCUT2D eigenvalue weighted by atomic mass is 9.97. The second-order valence-electron chi connectivity index (χ2n) is 8.78. The van der Waals surface area contributed by atoms with E-state index in [-0.39, 0.29) is 18.0 Å². The van der Waals surface area contributed by atoms with E-state index in [2.05, 4.69) is 41.0 Å². The SMILES string of the molecule is Cc1cc2c(cc1Cc1nc3c(N)nc(F)nc3n1CCNCC(C)(C)C)OCO2. The molecule has 8 nitrogen and oxygen atoms in total. The van der Waals surface area contributed by atoms with Gasteiger partial charge in [0.15, 0.2) is 28.5 Å². The largest absolute Gasteiger partial charge is 0.454 e. The van der Waals surface area contributed by atoms with E-state index in [4.69, 9.17) is 15.2 Å². The van der Waals surface area contributed by atoms with Crippen molar-refractivity contribution in [2.24, 2.45) is 5.41 Å². The smallest absolute Gasteiger partial charge is 0.312 e. The molecule has 4 rings (SSSR count). The van der Waals surface area contributed by atoms with Crippen molar-refractivity contribution in [3.05, 3.63) is 35.2 Å². The number of aromatic nitrogens is 4. The highest BCUT2D eigenvalue weighted by Gasteiger charge is 2.20. The zero-order valence-electron chi connectivity index (χ0n) is 17.8. The first-order valence-electron chi connectivity index (χ1n) is 9.99. The van der Waals surface area contributed by atoms with Crippen LogP contribution in [0.25, 0.3) is 11.2 Å². The van der Waals surface area contributed by atoms with Crippen LogP contribution in [0.1, 0.15) is 37.7 Å². The summed E-state index contributed by atoms with van der Waals surface area (Å²) >= 11 is 0. The molecule has 0 atom stereocenters. The molecule has 0 spiro atoms. The van der Waals surface area contributed by atoms with E-state index >= 15 is 0 Å². The van der Waals surface area contributed by atoms with Crippen molar-refractivity contribution in [1.29, 1.82) is 0 Å². The van der Waals surface area contributed by atoms with Crippen molar-refractivity contribution in [1.82, 2.24) is 24.8 Å². The normalized spacial score (nSPS) is 13.4. The fraction of sp³-hybridized carbons (Fsp3) is 0.476. The van der Waals surface area contributed by atoms with E-state index in [1.807, 2.05) is 23.6 Å². The number of fused-ring (bicyclic) bond motifs is 2. The van der Waals surface area contributed by atoms with Crippen LogP contribution in [0.2, 0.25) is 0 Å². The summed E-state index contributed by atoms with van der Waals surface area (Å²) in [4.78, 5) is 12.3. The van der Waals surface area contributed by atoms with Gasteiger partial charge >= 0.3 is 6.08 Å².